The van der Waals surface area contributed by atoms with Crippen molar-refractivity contribution >= 4 is 38.7 Å². The Kier molecular flexibility index (Phi) is 13.3. The Labute approximate surface area is 284 Å². The molecule has 0 atom stereocenters. The molecule has 1 aromatic rings. The van der Waals surface area contributed by atoms with E-state index in [2.05, 4.69) is 50.6 Å². The minimum atomic E-state index is -3.86. The van der Waals surface area contributed by atoms with Gasteiger partial charge in [0.25, 0.3) is 5.91 Å². The molecule has 2 saturated carbocycles. The Morgan fingerprint density at radius 3 is 1.90 bits per heavy atom. The number of carbonyl (C=O) groups is 3. The second-order valence-corrected chi connectivity index (χ2v) is 17.1. The Balaban J connectivity index is 1.17. The number of benzene rings is 1. The molecule has 0 aliphatic heterocycles. The van der Waals surface area contributed by atoms with Gasteiger partial charge in [0.05, 0.1) is 26.4 Å². The molecule has 1 spiro atoms. The molecule has 2 aliphatic carbocycles. The lowest BCUT2D eigenvalue weighted by molar-refractivity contribution is -0.128. The van der Waals surface area contributed by atoms with Crippen molar-refractivity contribution in [1.82, 2.24) is 16.0 Å². The molecule has 268 valence electrons. The number of sulfone groups is 1. The molecule has 2 fully saturated rings. The van der Waals surface area contributed by atoms with Crippen molar-refractivity contribution in [3.63, 3.8) is 0 Å². The molecule has 13 nitrogen and oxygen atoms in total. The lowest BCUT2D eigenvalue weighted by Crippen LogP contribution is -2.61. The average Bonchev–Trinajstić information content (AvgIpc) is 2.91. The lowest BCUT2D eigenvalue weighted by Gasteiger charge is -2.58. The molecule has 0 aromatic heterocycles. The van der Waals surface area contributed by atoms with Crippen LogP contribution < -0.4 is 16.0 Å². The largest absolute Gasteiger partial charge is 0.412 e. The summed E-state index contributed by atoms with van der Waals surface area (Å²) in [5, 5.41) is 23.1. The number of hydrogen-bond acceptors (Lipinski definition) is 10. The quantitative estimate of drug-likeness (QED) is 0.0985. The van der Waals surface area contributed by atoms with Gasteiger partial charge in [0.1, 0.15) is 0 Å². The first kappa shape index (κ1) is 39.1. The molecule has 0 unspecified atom stereocenters. The van der Waals surface area contributed by atoms with Crippen LogP contribution >= 0.6 is 0 Å². The van der Waals surface area contributed by atoms with Crippen LogP contribution in [0.4, 0.5) is 0 Å². The Morgan fingerprint density at radius 2 is 1.35 bits per heavy atom. The Morgan fingerprint density at radius 1 is 0.833 bits per heavy atom. The monoisotopic (exact) mass is 691 g/mol. The zero-order valence-electron chi connectivity index (χ0n) is 29.1. The minimum Gasteiger partial charge on any atom is -0.412 e. The highest BCUT2D eigenvalue weighted by Gasteiger charge is 2.53. The number of hydrogen-bond donors (Lipinski definition) is 5. The first-order valence-corrected chi connectivity index (χ1v) is 18.3. The van der Waals surface area contributed by atoms with E-state index in [0.29, 0.717) is 25.2 Å². The van der Waals surface area contributed by atoms with Gasteiger partial charge in [-0.2, -0.15) is 0 Å². The predicted molar refractivity (Wildman–Crippen MR) is 183 cm³/mol. The average molecular weight is 692 g/mol. The molecular formula is C34H53N5O8S. The fraction of sp³-hybridized carbons (Fsp3) is 0.676. The van der Waals surface area contributed by atoms with Crippen molar-refractivity contribution in [2.75, 3.05) is 39.2 Å². The predicted octanol–water partition coefficient (Wildman–Crippen LogP) is 3.56. The van der Waals surface area contributed by atoms with E-state index in [1.54, 1.807) is 0 Å². The molecule has 48 heavy (non-hydrogen) atoms. The van der Waals surface area contributed by atoms with E-state index >= 15 is 0 Å². The van der Waals surface area contributed by atoms with Crippen LogP contribution in [-0.4, -0.2) is 88.6 Å². The summed E-state index contributed by atoms with van der Waals surface area (Å²) in [4.78, 5) is 37.2. The maximum Gasteiger partial charge on any atom is 0.308 e. The molecule has 3 rings (SSSR count). The Hall–Kier alpha value is -3.36. The maximum absolute atomic E-state index is 12.6. The molecule has 0 saturated heterocycles. The molecule has 14 heteroatoms. The van der Waals surface area contributed by atoms with E-state index in [4.69, 9.17) is 25.0 Å². The highest BCUT2D eigenvalue weighted by atomic mass is 32.2. The van der Waals surface area contributed by atoms with E-state index in [1.807, 2.05) is 0 Å². The van der Waals surface area contributed by atoms with Crippen molar-refractivity contribution in [1.29, 1.82) is 10.8 Å². The molecule has 3 amide bonds. The standard InChI is InChI=1S/C34H53N5O8S/c1-32(2,3)22-33(4,5)21-28(41)39-26-19-34(20-26)17-25(18-34)38-27(40)11-13-45-15-16-46-14-12-37-30(42)24-9-7-23(8-10-24)29(35)47-31(36)48(6,43)44/h7-10,25-26,35-36H,11-22H2,1-6H3,(H,37,42)(H,38,40)(H,39,41). The van der Waals surface area contributed by atoms with E-state index in [0.717, 1.165) is 38.4 Å². The molecule has 0 heterocycles. The number of nitrogens with one attached hydrogen (secondary N) is 5. The van der Waals surface area contributed by atoms with Gasteiger partial charge in [-0.25, -0.2) is 8.42 Å². The maximum atomic E-state index is 12.6. The summed E-state index contributed by atoms with van der Waals surface area (Å²) in [5.74, 6) is -0.764. The SMILES string of the molecule is CC(C)(C)CC(C)(C)CC(=O)NC1CC2(CC(NC(=O)CCOCCOCCNC(=O)c3ccc(C(=N)OC(=N)S(C)(=O)=O)cc3)C2)C1. The lowest BCUT2D eigenvalue weighted by atomic mass is 9.52. The van der Waals surface area contributed by atoms with Crippen molar-refractivity contribution in [2.24, 2.45) is 16.2 Å². The van der Waals surface area contributed by atoms with Crippen LogP contribution in [0.25, 0.3) is 0 Å². The second-order valence-electron chi connectivity index (χ2n) is 15.2. The third-order valence-electron chi connectivity index (χ3n) is 8.41. The van der Waals surface area contributed by atoms with Gasteiger partial charge in [0.2, 0.25) is 27.5 Å². The van der Waals surface area contributed by atoms with Gasteiger partial charge in [-0.3, -0.25) is 25.2 Å². The number of ether oxygens (including phenoxy) is 3. The van der Waals surface area contributed by atoms with Gasteiger partial charge in [-0.15, -0.1) is 0 Å². The highest BCUT2D eigenvalue weighted by Crippen LogP contribution is 2.56. The number of carbonyl (C=O) groups excluding carboxylic acids is 3. The van der Waals surface area contributed by atoms with Crippen molar-refractivity contribution in [3.05, 3.63) is 35.4 Å². The van der Waals surface area contributed by atoms with Gasteiger partial charge in [-0.05, 0) is 72.6 Å². The molecule has 5 N–H and O–H groups in total. The summed E-state index contributed by atoms with van der Waals surface area (Å²) >= 11 is 0. The summed E-state index contributed by atoms with van der Waals surface area (Å²) in [6, 6.07) is 6.19. The third kappa shape index (κ3) is 12.9. The molecule has 1 aromatic carbocycles. The van der Waals surface area contributed by atoms with E-state index in [-0.39, 0.29) is 77.8 Å². The van der Waals surface area contributed by atoms with Crippen LogP contribution in [0.5, 0.6) is 0 Å². The van der Waals surface area contributed by atoms with Gasteiger partial charge in [0.15, 0.2) is 0 Å². The topological polar surface area (TPSA) is 197 Å². The van der Waals surface area contributed by atoms with E-state index in [9.17, 15) is 22.8 Å². The number of amides is 3. The summed E-state index contributed by atoms with van der Waals surface area (Å²) < 4.78 is 38.3. The number of rotatable bonds is 16. The Bertz CT molecular complexity index is 1420. The van der Waals surface area contributed by atoms with Crippen molar-refractivity contribution < 1.29 is 37.0 Å². The van der Waals surface area contributed by atoms with Gasteiger partial charge >= 0.3 is 5.23 Å². The highest BCUT2D eigenvalue weighted by molar-refractivity contribution is 8.05. The summed E-state index contributed by atoms with van der Waals surface area (Å²) in [6.07, 6.45) is 6.48. The minimum absolute atomic E-state index is 0.0324. The van der Waals surface area contributed by atoms with Gasteiger partial charge < -0.3 is 30.2 Å². The van der Waals surface area contributed by atoms with Gasteiger partial charge in [-0.1, -0.05) is 34.6 Å². The van der Waals surface area contributed by atoms with E-state index < -0.39 is 21.0 Å². The molecule has 2 aliphatic rings. The second kappa shape index (κ2) is 16.4. The first-order chi connectivity index (χ1) is 22.3. The van der Waals surface area contributed by atoms with Crippen LogP contribution in [0.3, 0.4) is 0 Å². The normalized spacial score (nSPS) is 20.6. The summed E-state index contributed by atoms with van der Waals surface area (Å²) in [6.45, 7) is 12.4. The summed E-state index contributed by atoms with van der Waals surface area (Å²) in [5.41, 5.74) is 0.954. The van der Waals surface area contributed by atoms with Gasteiger partial charge in [0, 0.05) is 48.9 Å². The van der Waals surface area contributed by atoms with Crippen LogP contribution in [-0.2, 0) is 33.6 Å². The first-order valence-electron chi connectivity index (χ1n) is 16.4. The molecule has 0 radical (unpaired) electrons. The smallest absolute Gasteiger partial charge is 0.308 e. The third-order valence-corrected chi connectivity index (χ3v) is 9.17. The van der Waals surface area contributed by atoms with Crippen LogP contribution in [0.1, 0.15) is 95.5 Å². The van der Waals surface area contributed by atoms with E-state index in [1.165, 1.54) is 24.3 Å². The van der Waals surface area contributed by atoms with Crippen LogP contribution in [0, 0.1) is 27.1 Å². The molecular weight excluding hydrogens is 638 g/mol. The van der Waals surface area contributed by atoms with Crippen LogP contribution in [0.15, 0.2) is 24.3 Å². The molecule has 0 bridgehead atoms. The fourth-order valence-electron chi connectivity index (χ4n) is 6.85. The zero-order valence-corrected chi connectivity index (χ0v) is 29.9. The fourth-order valence-corrected chi connectivity index (χ4v) is 7.08. The zero-order chi connectivity index (χ0) is 35.8. The van der Waals surface area contributed by atoms with Crippen molar-refractivity contribution in [3.8, 4) is 0 Å². The van der Waals surface area contributed by atoms with Crippen molar-refractivity contribution in [2.45, 2.75) is 91.6 Å². The van der Waals surface area contributed by atoms with Crippen LogP contribution in [0.2, 0.25) is 0 Å². The summed E-state index contributed by atoms with van der Waals surface area (Å²) in [7, 11) is -3.86.